The van der Waals surface area contributed by atoms with Crippen LogP contribution in [0.4, 0.5) is 0 Å². The van der Waals surface area contributed by atoms with Gasteiger partial charge in [0, 0.05) is 6.21 Å². The summed E-state index contributed by atoms with van der Waals surface area (Å²) in [5.41, 5.74) is 12.1. The van der Waals surface area contributed by atoms with Crippen LogP contribution in [0.5, 0.6) is 0 Å². The molecule has 1 aliphatic heterocycles. The highest BCUT2D eigenvalue weighted by Crippen LogP contribution is 2.40. The van der Waals surface area contributed by atoms with Gasteiger partial charge < -0.3 is 0 Å². The predicted octanol–water partition coefficient (Wildman–Crippen LogP) is 6.36. The summed E-state index contributed by atoms with van der Waals surface area (Å²) in [4.78, 5) is 4.73. The fourth-order valence-corrected chi connectivity index (χ4v) is 4.12. The van der Waals surface area contributed by atoms with Crippen molar-refractivity contribution in [3.05, 3.63) is 106 Å². The minimum absolute atomic E-state index is 0.744. The highest BCUT2D eigenvalue weighted by Gasteiger charge is 2.24. The molecule has 0 saturated carbocycles. The second-order valence-electron chi connectivity index (χ2n) is 7.17. The molecule has 2 aromatic rings. The van der Waals surface area contributed by atoms with Crippen LogP contribution in [-0.2, 0) is 19.4 Å². The van der Waals surface area contributed by atoms with Crippen LogP contribution < -0.4 is 0 Å². The molecule has 134 valence electrons. The fourth-order valence-electron chi connectivity index (χ4n) is 4.12. The molecule has 0 spiro atoms. The van der Waals surface area contributed by atoms with E-state index in [4.69, 9.17) is 4.99 Å². The molecule has 0 aromatic heterocycles. The Morgan fingerprint density at radius 1 is 1.07 bits per heavy atom. The third-order valence-electron chi connectivity index (χ3n) is 5.74. The monoisotopic (exact) mass is 351 g/mol. The molecule has 1 nitrogen and oxygen atoms in total. The van der Waals surface area contributed by atoms with Gasteiger partial charge in [-0.3, -0.25) is 4.99 Å². The number of allylic oxidation sites excluding steroid dienone is 7. The maximum atomic E-state index is 4.73. The lowest BCUT2D eigenvalue weighted by molar-refractivity contribution is 1.00. The summed E-state index contributed by atoms with van der Waals surface area (Å²) in [6.07, 6.45) is 10.5. The van der Waals surface area contributed by atoms with Crippen molar-refractivity contribution in [2.24, 2.45) is 4.99 Å². The van der Waals surface area contributed by atoms with Gasteiger partial charge in [0.15, 0.2) is 0 Å². The number of benzene rings is 2. The molecular formula is C26H25N. The number of rotatable bonds is 3. The number of nitrogens with zero attached hydrogens (tertiary/aromatic N) is 1. The Hall–Kier alpha value is -2.93. The van der Waals surface area contributed by atoms with Crippen LogP contribution in [0, 0.1) is 0 Å². The molecule has 1 heterocycles. The first-order valence-electron chi connectivity index (χ1n) is 9.61. The quantitative estimate of drug-likeness (QED) is 0.610. The molecule has 0 radical (unpaired) electrons. The van der Waals surface area contributed by atoms with Crippen LogP contribution in [0.3, 0.4) is 0 Å². The zero-order valence-corrected chi connectivity index (χ0v) is 16.1. The Morgan fingerprint density at radius 3 is 2.63 bits per heavy atom. The highest BCUT2D eigenvalue weighted by atomic mass is 14.7. The summed E-state index contributed by atoms with van der Waals surface area (Å²) in [7, 11) is 0. The maximum absolute atomic E-state index is 4.73. The number of fused-ring (bicyclic) bond motifs is 3. The first kappa shape index (κ1) is 17.5. The first-order chi connectivity index (χ1) is 13.2. The van der Waals surface area contributed by atoms with E-state index < -0.39 is 0 Å². The molecule has 0 unspecified atom stereocenters. The fraction of sp³-hybridized carbons (Fsp3) is 0.192. The van der Waals surface area contributed by atoms with E-state index in [1.165, 1.54) is 50.1 Å². The van der Waals surface area contributed by atoms with E-state index >= 15 is 0 Å². The normalized spacial score (nSPS) is 18.3. The van der Waals surface area contributed by atoms with E-state index in [0.29, 0.717) is 0 Å². The van der Waals surface area contributed by atoms with Crippen molar-refractivity contribution >= 4 is 17.4 Å². The van der Waals surface area contributed by atoms with Crippen molar-refractivity contribution in [2.75, 3.05) is 0 Å². The zero-order chi connectivity index (χ0) is 18.8. The van der Waals surface area contributed by atoms with E-state index in [1.807, 2.05) is 12.3 Å². The van der Waals surface area contributed by atoms with Crippen LogP contribution in [0.25, 0.3) is 11.1 Å². The molecule has 0 saturated heterocycles. The summed E-state index contributed by atoms with van der Waals surface area (Å²) in [5, 5.41) is 0. The largest absolute Gasteiger partial charge is 0.288 e. The standard InChI is InChI=1S/C26H25N/c1-4-18(3)25-15-26-23-13-11-20(19-9-7-6-8-10-19)16-27-17-21(23)12-14-24(26)22(25)5-2/h4-12,14,16H,2,13,15,17H2,1,3H3/b18-4-,20-11+,27-16?. The van der Waals surface area contributed by atoms with Gasteiger partial charge >= 0.3 is 0 Å². The van der Waals surface area contributed by atoms with Gasteiger partial charge in [-0.25, -0.2) is 0 Å². The van der Waals surface area contributed by atoms with Crippen molar-refractivity contribution in [3.63, 3.8) is 0 Å². The Balaban J connectivity index is 1.78. The van der Waals surface area contributed by atoms with Crippen molar-refractivity contribution in [3.8, 4) is 0 Å². The molecule has 2 aromatic carbocycles. The van der Waals surface area contributed by atoms with Crippen molar-refractivity contribution < 1.29 is 0 Å². The Morgan fingerprint density at radius 2 is 1.89 bits per heavy atom. The van der Waals surface area contributed by atoms with Crippen molar-refractivity contribution in [1.82, 2.24) is 0 Å². The van der Waals surface area contributed by atoms with E-state index in [-0.39, 0.29) is 0 Å². The second-order valence-corrected chi connectivity index (χ2v) is 7.17. The summed E-state index contributed by atoms with van der Waals surface area (Å²) >= 11 is 0. The lowest BCUT2D eigenvalue weighted by Crippen LogP contribution is -2.03. The average molecular weight is 351 g/mol. The van der Waals surface area contributed by atoms with Gasteiger partial charge in [0.1, 0.15) is 0 Å². The Labute approximate surface area is 162 Å². The predicted molar refractivity (Wildman–Crippen MR) is 117 cm³/mol. The topological polar surface area (TPSA) is 12.4 Å². The van der Waals surface area contributed by atoms with E-state index in [0.717, 1.165) is 19.4 Å². The third-order valence-corrected chi connectivity index (χ3v) is 5.74. The number of hydrogen-bond acceptors (Lipinski definition) is 1. The van der Waals surface area contributed by atoms with E-state index in [1.54, 1.807) is 0 Å². The molecule has 0 bridgehead atoms. The molecular weight excluding hydrogens is 326 g/mol. The van der Waals surface area contributed by atoms with Crippen LogP contribution in [-0.4, -0.2) is 6.21 Å². The van der Waals surface area contributed by atoms with Crippen molar-refractivity contribution in [1.29, 1.82) is 0 Å². The average Bonchev–Trinajstić information content (AvgIpc) is 3.07. The minimum atomic E-state index is 0.744. The second kappa shape index (κ2) is 7.36. The SMILES string of the molecule is C=CC1=C(/C(C)=C\C)Cc2c1ccc1c2C/C=C(/c2ccccc2)C=NC1. The van der Waals surface area contributed by atoms with E-state index in [2.05, 4.69) is 75.0 Å². The van der Waals surface area contributed by atoms with Gasteiger partial charge in [0.25, 0.3) is 0 Å². The van der Waals surface area contributed by atoms with Gasteiger partial charge in [-0.05, 0) is 71.2 Å². The number of hydrogen-bond donors (Lipinski definition) is 0. The number of aliphatic imine (C=N–C) groups is 1. The molecule has 1 heteroatoms. The summed E-state index contributed by atoms with van der Waals surface area (Å²) < 4.78 is 0. The summed E-state index contributed by atoms with van der Waals surface area (Å²) in [5.74, 6) is 0. The maximum Gasteiger partial charge on any atom is 0.0642 e. The van der Waals surface area contributed by atoms with Crippen LogP contribution in [0.15, 0.2) is 83.4 Å². The van der Waals surface area contributed by atoms with Gasteiger partial charge in [0.05, 0.1) is 6.54 Å². The van der Waals surface area contributed by atoms with Gasteiger partial charge in [-0.1, -0.05) is 72.8 Å². The third kappa shape index (κ3) is 3.14. The molecule has 0 N–H and O–H groups in total. The lowest BCUT2D eigenvalue weighted by Gasteiger charge is -2.16. The zero-order valence-electron chi connectivity index (χ0n) is 16.1. The molecule has 2 aliphatic rings. The van der Waals surface area contributed by atoms with Crippen LogP contribution in [0.2, 0.25) is 0 Å². The summed E-state index contributed by atoms with van der Waals surface area (Å²) in [6.45, 7) is 9.14. The van der Waals surface area contributed by atoms with Gasteiger partial charge in [-0.2, -0.15) is 0 Å². The first-order valence-corrected chi connectivity index (χ1v) is 9.61. The lowest BCUT2D eigenvalue weighted by atomic mass is 9.91. The molecule has 0 atom stereocenters. The molecule has 0 amide bonds. The molecule has 0 fully saturated rings. The van der Waals surface area contributed by atoms with Crippen LogP contribution in [0.1, 0.15) is 41.7 Å². The van der Waals surface area contributed by atoms with Crippen molar-refractivity contribution in [2.45, 2.75) is 33.2 Å². The highest BCUT2D eigenvalue weighted by molar-refractivity contribution is 6.10. The Bertz CT molecular complexity index is 1010. The molecule has 1 aliphatic carbocycles. The van der Waals surface area contributed by atoms with Crippen LogP contribution >= 0.6 is 0 Å². The molecule has 4 rings (SSSR count). The summed E-state index contributed by atoms with van der Waals surface area (Å²) in [6, 6.07) is 15.0. The minimum Gasteiger partial charge on any atom is -0.288 e. The smallest absolute Gasteiger partial charge is 0.0642 e. The Kier molecular flexibility index (Phi) is 4.77. The van der Waals surface area contributed by atoms with Gasteiger partial charge in [-0.15, -0.1) is 0 Å². The van der Waals surface area contributed by atoms with Gasteiger partial charge in [0.2, 0.25) is 0 Å². The van der Waals surface area contributed by atoms with E-state index in [9.17, 15) is 0 Å². The molecule has 27 heavy (non-hydrogen) atoms.